The van der Waals surface area contributed by atoms with Gasteiger partial charge in [-0.25, -0.2) is 0 Å². The number of nitrogens with one attached hydrogen (secondary N) is 1. The minimum absolute atomic E-state index is 0.0915. The van der Waals surface area contributed by atoms with Gasteiger partial charge in [0.2, 0.25) is 0 Å². The zero-order valence-electron chi connectivity index (χ0n) is 14.0. The van der Waals surface area contributed by atoms with Gasteiger partial charge in [-0.15, -0.1) is 0 Å². The van der Waals surface area contributed by atoms with E-state index < -0.39 is 5.54 Å². The van der Waals surface area contributed by atoms with Gasteiger partial charge in [0.05, 0.1) is 6.61 Å². The minimum Gasteiger partial charge on any atom is -0.465 e. The summed E-state index contributed by atoms with van der Waals surface area (Å²) in [7, 11) is 0. The Labute approximate surface area is 129 Å². The maximum absolute atomic E-state index is 12.5. The van der Waals surface area contributed by atoms with Crippen molar-refractivity contribution in [2.75, 3.05) is 19.7 Å². The molecule has 2 fully saturated rings. The standard InChI is InChI=1S/C17H32N2O2/c1-4-19(15-9-7-6-8-10-15)13-17(3,16(20)21-5-2)18-14-11-12-14/h14-15,18H,4-13H2,1-3H3. The summed E-state index contributed by atoms with van der Waals surface area (Å²) in [5, 5.41) is 3.54. The SMILES string of the molecule is CCOC(=O)C(C)(CN(CC)C1CCCCC1)NC1CC1. The first-order valence-corrected chi connectivity index (χ1v) is 8.78. The summed E-state index contributed by atoms with van der Waals surface area (Å²) in [6.07, 6.45) is 8.94. The average molecular weight is 296 g/mol. The van der Waals surface area contributed by atoms with E-state index in [0.717, 1.165) is 13.1 Å². The quantitative estimate of drug-likeness (QED) is 0.699. The number of hydrogen-bond donors (Lipinski definition) is 1. The molecule has 0 aromatic rings. The molecule has 0 radical (unpaired) electrons. The highest BCUT2D eigenvalue weighted by molar-refractivity contribution is 5.80. The summed E-state index contributed by atoms with van der Waals surface area (Å²) in [5.41, 5.74) is -0.565. The smallest absolute Gasteiger partial charge is 0.327 e. The van der Waals surface area contributed by atoms with Crippen LogP contribution >= 0.6 is 0 Å². The van der Waals surface area contributed by atoms with Crippen LogP contribution in [0.2, 0.25) is 0 Å². The Morgan fingerprint density at radius 3 is 2.38 bits per heavy atom. The van der Waals surface area contributed by atoms with Crippen molar-refractivity contribution in [1.82, 2.24) is 10.2 Å². The molecule has 0 bridgehead atoms. The summed E-state index contributed by atoms with van der Waals surface area (Å²) in [6, 6.07) is 1.14. The molecule has 0 heterocycles. The molecule has 21 heavy (non-hydrogen) atoms. The Balaban J connectivity index is 2.01. The molecule has 4 heteroatoms. The van der Waals surface area contributed by atoms with Gasteiger partial charge in [-0.05, 0) is 46.1 Å². The number of ether oxygens (including phenoxy) is 1. The van der Waals surface area contributed by atoms with Crippen LogP contribution in [-0.2, 0) is 9.53 Å². The van der Waals surface area contributed by atoms with Crippen molar-refractivity contribution >= 4 is 5.97 Å². The van der Waals surface area contributed by atoms with Crippen LogP contribution < -0.4 is 5.32 Å². The lowest BCUT2D eigenvalue weighted by Crippen LogP contribution is -2.59. The lowest BCUT2D eigenvalue weighted by molar-refractivity contribution is -0.151. The van der Waals surface area contributed by atoms with E-state index in [2.05, 4.69) is 17.1 Å². The molecule has 2 aliphatic rings. The summed E-state index contributed by atoms with van der Waals surface area (Å²) >= 11 is 0. The highest BCUT2D eigenvalue weighted by Gasteiger charge is 2.41. The van der Waals surface area contributed by atoms with E-state index in [0.29, 0.717) is 18.7 Å². The summed E-state index contributed by atoms with van der Waals surface area (Å²) in [4.78, 5) is 14.9. The second-order valence-electron chi connectivity index (χ2n) is 6.83. The van der Waals surface area contributed by atoms with Crippen LogP contribution in [0, 0.1) is 0 Å². The monoisotopic (exact) mass is 296 g/mol. The number of carbonyl (C=O) groups is 1. The van der Waals surface area contributed by atoms with E-state index in [9.17, 15) is 4.79 Å². The van der Waals surface area contributed by atoms with E-state index in [1.165, 1.54) is 44.9 Å². The van der Waals surface area contributed by atoms with Gasteiger partial charge in [-0.2, -0.15) is 0 Å². The van der Waals surface area contributed by atoms with Crippen molar-refractivity contribution in [3.63, 3.8) is 0 Å². The Morgan fingerprint density at radius 2 is 1.86 bits per heavy atom. The minimum atomic E-state index is -0.565. The number of esters is 1. The van der Waals surface area contributed by atoms with Crippen molar-refractivity contribution in [2.45, 2.75) is 83.3 Å². The number of nitrogens with zero attached hydrogens (tertiary/aromatic N) is 1. The van der Waals surface area contributed by atoms with Crippen LogP contribution in [-0.4, -0.2) is 48.2 Å². The molecule has 0 aromatic carbocycles. The van der Waals surface area contributed by atoms with Gasteiger partial charge in [0.1, 0.15) is 5.54 Å². The third kappa shape index (κ3) is 4.68. The molecular weight excluding hydrogens is 264 g/mol. The topological polar surface area (TPSA) is 41.6 Å². The first kappa shape index (κ1) is 16.8. The van der Waals surface area contributed by atoms with Gasteiger partial charge in [0, 0.05) is 18.6 Å². The van der Waals surface area contributed by atoms with Crippen LogP contribution in [0.15, 0.2) is 0 Å². The largest absolute Gasteiger partial charge is 0.465 e. The Bertz CT molecular complexity index is 338. The van der Waals surface area contributed by atoms with Crippen LogP contribution in [0.4, 0.5) is 0 Å². The summed E-state index contributed by atoms with van der Waals surface area (Å²) < 4.78 is 5.34. The number of carbonyl (C=O) groups excluding carboxylic acids is 1. The second kappa shape index (κ2) is 7.59. The van der Waals surface area contributed by atoms with Crippen molar-refractivity contribution in [1.29, 1.82) is 0 Å². The first-order valence-electron chi connectivity index (χ1n) is 8.78. The van der Waals surface area contributed by atoms with Crippen molar-refractivity contribution in [3.05, 3.63) is 0 Å². The van der Waals surface area contributed by atoms with Crippen LogP contribution in [0.25, 0.3) is 0 Å². The normalized spacial score (nSPS) is 23.0. The molecule has 0 aromatic heterocycles. The molecule has 4 nitrogen and oxygen atoms in total. The molecule has 0 aliphatic heterocycles. The van der Waals surface area contributed by atoms with Gasteiger partial charge in [0.25, 0.3) is 0 Å². The van der Waals surface area contributed by atoms with Gasteiger partial charge >= 0.3 is 5.97 Å². The second-order valence-corrected chi connectivity index (χ2v) is 6.83. The predicted octanol–water partition coefficient (Wildman–Crippen LogP) is 2.71. The third-order valence-corrected chi connectivity index (χ3v) is 4.84. The van der Waals surface area contributed by atoms with Crippen LogP contribution in [0.5, 0.6) is 0 Å². The average Bonchev–Trinajstić information content (AvgIpc) is 3.30. The fraction of sp³-hybridized carbons (Fsp3) is 0.941. The van der Waals surface area contributed by atoms with Crippen molar-refractivity contribution in [3.8, 4) is 0 Å². The highest BCUT2D eigenvalue weighted by atomic mass is 16.5. The Morgan fingerprint density at radius 1 is 1.19 bits per heavy atom. The number of rotatable bonds is 8. The van der Waals surface area contributed by atoms with Gasteiger partial charge in [-0.3, -0.25) is 15.0 Å². The maximum Gasteiger partial charge on any atom is 0.327 e. The van der Waals surface area contributed by atoms with E-state index in [-0.39, 0.29) is 5.97 Å². The van der Waals surface area contributed by atoms with E-state index in [1.54, 1.807) is 0 Å². The molecule has 1 N–H and O–H groups in total. The molecule has 1 atom stereocenters. The summed E-state index contributed by atoms with van der Waals surface area (Å²) in [5.74, 6) is -0.0915. The Kier molecular flexibility index (Phi) is 6.06. The first-order chi connectivity index (χ1) is 10.1. The fourth-order valence-electron chi connectivity index (χ4n) is 3.49. The zero-order valence-corrected chi connectivity index (χ0v) is 14.0. The van der Waals surface area contributed by atoms with Crippen molar-refractivity contribution in [2.24, 2.45) is 0 Å². The molecule has 2 aliphatic carbocycles. The Hall–Kier alpha value is -0.610. The van der Waals surface area contributed by atoms with Crippen molar-refractivity contribution < 1.29 is 9.53 Å². The highest BCUT2D eigenvalue weighted by Crippen LogP contribution is 2.27. The van der Waals surface area contributed by atoms with Gasteiger partial charge in [0.15, 0.2) is 0 Å². The van der Waals surface area contributed by atoms with Gasteiger partial charge < -0.3 is 4.74 Å². The van der Waals surface area contributed by atoms with E-state index >= 15 is 0 Å². The predicted molar refractivity (Wildman–Crippen MR) is 85.3 cm³/mol. The zero-order chi connectivity index (χ0) is 15.3. The van der Waals surface area contributed by atoms with Crippen LogP contribution in [0.3, 0.4) is 0 Å². The van der Waals surface area contributed by atoms with E-state index in [1.807, 2.05) is 13.8 Å². The van der Waals surface area contributed by atoms with E-state index in [4.69, 9.17) is 4.74 Å². The molecule has 2 rings (SSSR count). The molecule has 122 valence electrons. The molecule has 1 unspecified atom stereocenters. The molecule has 0 saturated heterocycles. The molecule has 2 saturated carbocycles. The molecule has 0 spiro atoms. The maximum atomic E-state index is 12.5. The van der Waals surface area contributed by atoms with Crippen LogP contribution in [0.1, 0.15) is 65.7 Å². The lowest BCUT2D eigenvalue weighted by atomic mass is 9.92. The summed E-state index contributed by atoms with van der Waals surface area (Å²) in [6.45, 7) is 8.34. The number of hydrogen-bond acceptors (Lipinski definition) is 4. The fourth-order valence-corrected chi connectivity index (χ4v) is 3.49. The third-order valence-electron chi connectivity index (χ3n) is 4.84. The lowest BCUT2D eigenvalue weighted by Gasteiger charge is -2.39. The van der Waals surface area contributed by atoms with Gasteiger partial charge in [-0.1, -0.05) is 26.2 Å². The molecular formula is C17H32N2O2. The molecule has 0 amide bonds. The number of likely N-dealkylation sites (N-methyl/N-ethyl adjacent to an activating group) is 1.